The van der Waals surface area contributed by atoms with E-state index in [1.807, 2.05) is 12.1 Å². The van der Waals surface area contributed by atoms with Gasteiger partial charge in [0.1, 0.15) is 0 Å². The molecule has 114 valence electrons. The molecule has 0 radical (unpaired) electrons. The van der Waals surface area contributed by atoms with E-state index in [-0.39, 0.29) is 17.3 Å². The van der Waals surface area contributed by atoms with Crippen LogP contribution < -0.4 is 0 Å². The second-order valence-corrected chi connectivity index (χ2v) is 5.90. The summed E-state index contributed by atoms with van der Waals surface area (Å²) < 4.78 is 6.19. The molecule has 1 aliphatic rings. The maximum Gasteiger partial charge on any atom is 0.363 e. The molecule has 2 aromatic rings. The average Bonchev–Trinajstić information content (AvgIpc) is 2.89. The molecule has 0 fully saturated rings. The van der Waals surface area contributed by atoms with E-state index < -0.39 is 10.9 Å². The highest BCUT2D eigenvalue weighted by molar-refractivity contribution is 14.1. The van der Waals surface area contributed by atoms with Gasteiger partial charge in [-0.05, 0) is 59.0 Å². The lowest BCUT2D eigenvalue weighted by Gasteiger charge is -1.98. The maximum atomic E-state index is 11.9. The van der Waals surface area contributed by atoms with Gasteiger partial charge in [-0.2, -0.15) is 0 Å². The predicted octanol–water partition coefficient (Wildman–Crippen LogP) is 3.54. The quantitative estimate of drug-likeness (QED) is 0.250. The number of hydrogen-bond donors (Lipinski definition) is 0. The normalized spacial score (nSPS) is 15.4. The molecule has 2 aromatic carbocycles. The molecule has 0 saturated heterocycles. The van der Waals surface area contributed by atoms with Gasteiger partial charge < -0.3 is 4.74 Å². The Labute approximate surface area is 144 Å². The second-order valence-electron chi connectivity index (χ2n) is 4.66. The first-order valence-electron chi connectivity index (χ1n) is 6.56. The van der Waals surface area contributed by atoms with Crippen molar-refractivity contribution < 1.29 is 14.5 Å². The maximum absolute atomic E-state index is 11.9. The fraction of sp³-hybridized carbons (Fsp3) is 0. The molecule has 0 saturated carbocycles. The van der Waals surface area contributed by atoms with Crippen molar-refractivity contribution in [3.8, 4) is 0 Å². The minimum Gasteiger partial charge on any atom is -0.402 e. The average molecular weight is 420 g/mol. The molecule has 6 nitrogen and oxygen atoms in total. The van der Waals surface area contributed by atoms with Crippen LogP contribution in [-0.2, 0) is 9.53 Å². The minimum atomic E-state index is -0.628. The molecule has 0 bridgehead atoms. The van der Waals surface area contributed by atoms with Crippen molar-refractivity contribution in [3.63, 3.8) is 0 Å². The summed E-state index contributed by atoms with van der Waals surface area (Å²) in [5, 5.41) is 11.0. The predicted molar refractivity (Wildman–Crippen MR) is 92.9 cm³/mol. The number of rotatable bonds is 3. The van der Waals surface area contributed by atoms with Crippen molar-refractivity contribution in [2.75, 3.05) is 0 Å². The molecular weight excluding hydrogens is 411 g/mol. The number of carbonyl (C=O) groups is 1. The number of hydrogen-bond acceptors (Lipinski definition) is 5. The van der Waals surface area contributed by atoms with Gasteiger partial charge in [-0.25, -0.2) is 9.79 Å². The largest absolute Gasteiger partial charge is 0.402 e. The van der Waals surface area contributed by atoms with Gasteiger partial charge in [0.25, 0.3) is 5.69 Å². The number of nitrogens with zero attached hydrogens (tertiary/aromatic N) is 2. The van der Waals surface area contributed by atoms with Crippen LogP contribution in [0.1, 0.15) is 11.1 Å². The second kappa shape index (κ2) is 6.29. The van der Waals surface area contributed by atoms with Crippen LogP contribution in [0.25, 0.3) is 6.08 Å². The Bertz CT molecular complexity index is 857. The van der Waals surface area contributed by atoms with E-state index in [9.17, 15) is 14.9 Å². The third-order valence-corrected chi connectivity index (χ3v) is 3.86. The van der Waals surface area contributed by atoms with Crippen LogP contribution >= 0.6 is 22.6 Å². The van der Waals surface area contributed by atoms with Gasteiger partial charge in [-0.1, -0.05) is 12.1 Å². The SMILES string of the molecule is O=C1OC(c2ccc(I)cc2)=N/C1=C\c1ccccc1[N+](=O)[O-]. The van der Waals surface area contributed by atoms with E-state index in [1.54, 1.807) is 30.3 Å². The van der Waals surface area contributed by atoms with Crippen molar-refractivity contribution >= 4 is 46.2 Å². The Morgan fingerprint density at radius 1 is 1.13 bits per heavy atom. The highest BCUT2D eigenvalue weighted by Gasteiger charge is 2.25. The summed E-state index contributed by atoms with van der Waals surface area (Å²) >= 11 is 2.17. The van der Waals surface area contributed by atoms with Crippen LogP contribution in [0.15, 0.2) is 59.2 Å². The van der Waals surface area contributed by atoms with Gasteiger partial charge in [0.05, 0.1) is 10.5 Å². The highest BCUT2D eigenvalue weighted by atomic mass is 127. The smallest absolute Gasteiger partial charge is 0.363 e. The van der Waals surface area contributed by atoms with E-state index in [4.69, 9.17) is 4.74 Å². The standard InChI is InChI=1S/C16H9IN2O4/c17-12-7-5-10(6-8-12)15-18-13(16(20)23-15)9-11-3-1-2-4-14(11)19(21)22/h1-9H/b13-9-. The summed E-state index contributed by atoms with van der Waals surface area (Å²) in [5.74, 6) is -0.437. The lowest BCUT2D eigenvalue weighted by molar-refractivity contribution is -0.385. The molecule has 0 unspecified atom stereocenters. The minimum absolute atomic E-state index is 0.0350. The van der Waals surface area contributed by atoms with Crippen molar-refractivity contribution in [2.45, 2.75) is 0 Å². The van der Waals surface area contributed by atoms with Gasteiger partial charge in [0, 0.05) is 15.2 Å². The van der Waals surface area contributed by atoms with Gasteiger partial charge >= 0.3 is 5.97 Å². The molecule has 1 aliphatic heterocycles. The zero-order valence-electron chi connectivity index (χ0n) is 11.6. The highest BCUT2D eigenvalue weighted by Crippen LogP contribution is 2.24. The third kappa shape index (κ3) is 3.29. The molecule has 0 aliphatic carbocycles. The van der Waals surface area contributed by atoms with E-state index in [2.05, 4.69) is 27.6 Å². The van der Waals surface area contributed by atoms with Crippen molar-refractivity contribution in [1.29, 1.82) is 0 Å². The Balaban J connectivity index is 1.99. The van der Waals surface area contributed by atoms with Gasteiger partial charge in [0.2, 0.25) is 5.90 Å². The fourth-order valence-corrected chi connectivity index (χ4v) is 2.41. The number of esters is 1. The van der Waals surface area contributed by atoms with E-state index in [0.717, 1.165) is 3.57 Å². The van der Waals surface area contributed by atoms with Crippen LogP contribution in [0.2, 0.25) is 0 Å². The van der Waals surface area contributed by atoms with Crippen LogP contribution in [-0.4, -0.2) is 16.8 Å². The summed E-state index contributed by atoms with van der Waals surface area (Å²) in [6.07, 6.45) is 1.36. The first kappa shape index (κ1) is 15.3. The number of nitro benzene ring substituents is 1. The number of para-hydroxylation sites is 1. The molecule has 0 atom stereocenters. The fourth-order valence-electron chi connectivity index (χ4n) is 2.05. The number of carbonyl (C=O) groups excluding carboxylic acids is 1. The zero-order valence-corrected chi connectivity index (χ0v) is 13.8. The molecule has 0 spiro atoms. The van der Waals surface area contributed by atoms with Crippen LogP contribution in [0, 0.1) is 13.7 Å². The zero-order chi connectivity index (χ0) is 16.4. The summed E-state index contributed by atoms with van der Waals surface area (Å²) in [6.45, 7) is 0. The number of aliphatic imine (C=N–C) groups is 1. The number of nitro groups is 1. The number of cyclic esters (lactones) is 1. The molecular formula is C16H9IN2O4. The Hall–Kier alpha value is -2.55. The summed E-state index contributed by atoms with van der Waals surface area (Å²) in [5.41, 5.74) is 0.917. The topological polar surface area (TPSA) is 81.8 Å². The summed E-state index contributed by atoms with van der Waals surface area (Å²) in [4.78, 5) is 26.6. The van der Waals surface area contributed by atoms with Gasteiger partial charge in [-0.3, -0.25) is 10.1 Å². The molecule has 0 N–H and O–H groups in total. The molecule has 3 rings (SSSR count). The molecule has 0 aromatic heterocycles. The summed E-state index contributed by atoms with van der Waals surface area (Å²) in [7, 11) is 0. The summed E-state index contributed by atoms with van der Waals surface area (Å²) in [6, 6.07) is 13.5. The molecule has 7 heteroatoms. The Morgan fingerprint density at radius 3 is 2.52 bits per heavy atom. The van der Waals surface area contributed by atoms with E-state index in [1.165, 1.54) is 12.1 Å². The van der Waals surface area contributed by atoms with Crippen LogP contribution in [0.3, 0.4) is 0 Å². The Kier molecular flexibility index (Phi) is 4.20. The van der Waals surface area contributed by atoms with Crippen LogP contribution in [0.5, 0.6) is 0 Å². The van der Waals surface area contributed by atoms with Crippen LogP contribution in [0.4, 0.5) is 5.69 Å². The van der Waals surface area contributed by atoms with E-state index in [0.29, 0.717) is 11.1 Å². The lowest BCUT2D eigenvalue weighted by atomic mass is 10.1. The molecule has 1 heterocycles. The molecule has 0 amide bonds. The van der Waals surface area contributed by atoms with Crippen molar-refractivity contribution in [3.05, 3.63) is 79.0 Å². The monoisotopic (exact) mass is 420 g/mol. The van der Waals surface area contributed by atoms with E-state index >= 15 is 0 Å². The van der Waals surface area contributed by atoms with Crippen molar-refractivity contribution in [2.24, 2.45) is 4.99 Å². The number of benzene rings is 2. The third-order valence-electron chi connectivity index (χ3n) is 3.14. The number of halogens is 1. The van der Waals surface area contributed by atoms with Gasteiger partial charge in [0.15, 0.2) is 5.70 Å². The number of ether oxygens (including phenoxy) is 1. The first-order valence-corrected chi connectivity index (χ1v) is 7.64. The van der Waals surface area contributed by atoms with Crippen molar-refractivity contribution in [1.82, 2.24) is 0 Å². The first-order chi connectivity index (χ1) is 11.0. The Morgan fingerprint density at radius 2 is 1.83 bits per heavy atom. The van der Waals surface area contributed by atoms with Gasteiger partial charge in [-0.15, -0.1) is 0 Å². The molecule has 23 heavy (non-hydrogen) atoms. The lowest BCUT2D eigenvalue weighted by Crippen LogP contribution is -2.05.